The maximum Gasteiger partial charge on any atom is 0.262 e. The number of amides is 1. The molecule has 152 valence electrons. The molecule has 0 bridgehead atoms. The number of nitrogens with zero attached hydrogens (tertiary/aromatic N) is 2. The van der Waals surface area contributed by atoms with E-state index in [9.17, 15) is 13.2 Å². The van der Waals surface area contributed by atoms with Gasteiger partial charge in [-0.05, 0) is 35.7 Å². The van der Waals surface area contributed by atoms with Gasteiger partial charge in [-0.2, -0.15) is 4.31 Å². The second kappa shape index (κ2) is 9.33. The number of carbonyl (C=O) groups excluding carboxylic acids is 1. The standard InChI is InChI=1S/C18H22ClN3O5S/c1-12(2)17(18(23)21-24)22(11-13-5-4-8-20-10-13)28(25,26)14-6-7-16(27-3)15(19)9-14/h4-10,12,17,24H,11H2,1-3H3,(H,21,23)/t17-/m1/s1. The first-order chi connectivity index (χ1) is 13.2. The van der Waals surface area contributed by atoms with Gasteiger partial charge in [0, 0.05) is 18.9 Å². The predicted octanol–water partition coefficient (Wildman–Crippen LogP) is 2.46. The molecule has 0 spiro atoms. The Balaban J connectivity index is 2.58. The summed E-state index contributed by atoms with van der Waals surface area (Å²) in [4.78, 5) is 16.2. The van der Waals surface area contributed by atoms with Crippen LogP contribution in [0.15, 0.2) is 47.6 Å². The van der Waals surface area contributed by atoms with E-state index in [0.29, 0.717) is 11.3 Å². The second-order valence-corrected chi connectivity index (χ2v) is 8.67. The average molecular weight is 428 g/mol. The summed E-state index contributed by atoms with van der Waals surface area (Å²) in [5, 5.41) is 9.27. The number of sulfonamides is 1. The highest BCUT2D eigenvalue weighted by atomic mass is 35.5. The minimum absolute atomic E-state index is 0.0985. The zero-order chi connectivity index (χ0) is 20.9. The van der Waals surface area contributed by atoms with E-state index >= 15 is 0 Å². The molecule has 0 saturated carbocycles. The van der Waals surface area contributed by atoms with Crippen LogP contribution in [0.25, 0.3) is 0 Å². The van der Waals surface area contributed by atoms with Crippen molar-refractivity contribution >= 4 is 27.5 Å². The SMILES string of the molecule is COc1ccc(S(=O)(=O)N(Cc2cccnc2)[C@@H](C(=O)NO)C(C)C)cc1Cl. The van der Waals surface area contributed by atoms with Crippen molar-refractivity contribution in [2.45, 2.75) is 31.3 Å². The molecule has 2 rings (SSSR count). The molecule has 0 aliphatic rings. The van der Waals surface area contributed by atoms with Crippen molar-refractivity contribution < 1.29 is 23.2 Å². The van der Waals surface area contributed by atoms with Crippen LogP contribution < -0.4 is 10.2 Å². The lowest BCUT2D eigenvalue weighted by molar-refractivity contribution is -0.134. The second-order valence-electron chi connectivity index (χ2n) is 6.37. The molecule has 0 fully saturated rings. The summed E-state index contributed by atoms with van der Waals surface area (Å²) in [6.07, 6.45) is 3.07. The van der Waals surface area contributed by atoms with E-state index in [2.05, 4.69) is 4.98 Å². The fourth-order valence-corrected chi connectivity index (χ4v) is 4.84. The number of carbonyl (C=O) groups is 1. The Morgan fingerprint density at radius 3 is 2.57 bits per heavy atom. The summed E-state index contributed by atoms with van der Waals surface area (Å²) < 4.78 is 32.9. The Kier molecular flexibility index (Phi) is 7.36. The Morgan fingerprint density at radius 2 is 2.07 bits per heavy atom. The zero-order valence-electron chi connectivity index (χ0n) is 15.7. The Morgan fingerprint density at radius 1 is 1.36 bits per heavy atom. The molecule has 0 unspecified atom stereocenters. The van der Waals surface area contributed by atoms with Gasteiger partial charge in [-0.15, -0.1) is 0 Å². The van der Waals surface area contributed by atoms with E-state index in [4.69, 9.17) is 21.5 Å². The number of aromatic nitrogens is 1. The Labute approximate surface area is 169 Å². The van der Waals surface area contributed by atoms with Crippen LogP contribution in [0.5, 0.6) is 5.75 Å². The highest BCUT2D eigenvalue weighted by Crippen LogP contribution is 2.30. The van der Waals surface area contributed by atoms with Crippen LogP contribution >= 0.6 is 11.6 Å². The number of pyridine rings is 1. The summed E-state index contributed by atoms with van der Waals surface area (Å²) in [5.41, 5.74) is 2.14. The van der Waals surface area contributed by atoms with Gasteiger partial charge in [-0.3, -0.25) is 15.0 Å². The third-order valence-corrected chi connectivity index (χ3v) is 6.23. The van der Waals surface area contributed by atoms with Gasteiger partial charge >= 0.3 is 0 Å². The van der Waals surface area contributed by atoms with Crippen LogP contribution in [0.2, 0.25) is 5.02 Å². The van der Waals surface area contributed by atoms with Gasteiger partial charge in [0.15, 0.2) is 0 Å². The van der Waals surface area contributed by atoms with E-state index in [-0.39, 0.29) is 16.5 Å². The molecule has 1 heterocycles. The molecule has 2 N–H and O–H groups in total. The highest BCUT2D eigenvalue weighted by Gasteiger charge is 2.38. The first-order valence-electron chi connectivity index (χ1n) is 8.40. The molecule has 0 aliphatic heterocycles. The summed E-state index contributed by atoms with van der Waals surface area (Å²) in [6, 6.07) is 6.26. The fourth-order valence-electron chi connectivity index (χ4n) is 2.78. The molecule has 28 heavy (non-hydrogen) atoms. The van der Waals surface area contributed by atoms with Gasteiger partial charge in [0.1, 0.15) is 11.8 Å². The molecule has 1 amide bonds. The summed E-state index contributed by atoms with van der Waals surface area (Å²) in [7, 11) is -2.73. The number of methoxy groups -OCH3 is 1. The van der Waals surface area contributed by atoms with Gasteiger partial charge in [-0.25, -0.2) is 13.9 Å². The number of rotatable bonds is 8. The number of hydroxylamine groups is 1. The molecule has 8 nitrogen and oxygen atoms in total. The van der Waals surface area contributed by atoms with Crippen LogP contribution in [-0.4, -0.2) is 42.0 Å². The summed E-state index contributed by atoms with van der Waals surface area (Å²) >= 11 is 6.10. The minimum atomic E-state index is -4.15. The van der Waals surface area contributed by atoms with Crippen LogP contribution in [0.1, 0.15) is 19.4 Å². The molecule has 10 heteroatoms. The Hall–Kier alpha value is -2.20. The van der Waals surface area contributed by atoms with Crippen molar-refractivity contribution in [2.75, 3.05) is 7.11 Å². The molecular formula is C18H22ClN3O5S. The van der Waals surface area contributed by atoms with Gasteiger partial charge in [0.25, 0.3) is 5.91 Å². The molecule has 0 saturated heterocycles. The molecule has 2 aromatic rings. The quantitative estimate of drug-likeness (QED) is 0.494. The van der Waals surface area contributed by atoms with E-state index in [1.807, 2.05) is 0 Å². The zero-order valence-corrected chi connectivity index (χ0v) is 17.2. The van der Waals surface area contributed by atoms with Crippen LogP contribution in [-0.2, 0) is 21.4 Å². The van der Waals surface area contributed by atoms with Crippen LogP contribution in [0.4, 0.5) is 0 Å². The number of benzene rings is 1. The largest absolute Gasteiger partial charge is 0.495 e. The van der Waals surface area contributed by atoms with Gasteiger partial charge in [0.2, 0.25) is 10.0 Å². The maximum absolute atomic E-state index is 13.4. The first kappa shape index (κ1) is 22.1. The highest BCUT2D eigenvalue weighted by molar-refractivity contribution is 7.89. The molecular weight excluding hydrogens is 406 g/mol. The lowest BCUT2D eigenvalue weighted by atomic mass is 10.0. The predicted molar refractivity (Wildman–Crippen MR) is 104 cm³/mol. The maximum atomic E-state index is 13.4. The van der Waals surface area contributed by atoms with Gasteiger partial charge in [-0.1, -0.05) is 31.5 Å². The minimum Gasteiger partial charge on any atom is -0.495 e. The van der Waals surface area contributed by atoms with Gasteiger partial charge in [0.05, 0.1) is 17.0 Å². The number of ether oxygens (including phenoxy) is 1. The van der Waals surface area contributed by atoms with Crippen LogP contribution in [0.3, 0.4) is 0 Å². The summed E-state index contributed by atoms with van der Waals surface area (Å²) in [6.45, 7) is 3.26. The van der Waals surface area contributed by atoms with Crippen molar-refractivity contribution in [3.63, 3.8) is 0 Å². The van der Waals surface area contributed by atoms with Gasteiger partial charge < -0.3 is 4.74 Å². The van der Waals surface area contributed by atoms with Crippen molar-refractivity contribution in [3.8, 4) is 5.75 Å². The lowest BCUT2D eigenvalue weighted by Crippen LogP contribution is -2.51. The van der Waals surface area contributed by atoms with Crippen molar-refractivity contribution in [1.29, 1.82) is 0 Å². The monoisotopic (exact) mass is 427 g/mol. The smallest absolute Gasteiger partial charge is 0.262 e. The molecule has 1 atom stereocenters. The fraction of sp³-hybridized carbons (Fsp3) is 0.333. The Bertz CT molecular complexity index is 922. The number of hydrogen-bond donors (Lipinski definition) is 2. The number of halogens is 1. The molecule has 1 aromatic heterocycles. The van der Waals surface area contributed by atoms with Crippen LogP contribution in [0, 0.1) is 5.92 Å². The van der Waals surface area contributed by atoms with Crippen molar-refractivity contribution in [1.82, 2.24) is 14.8 Å². The van der Waals surface area contributed by atoms with E-state index < -0.39 is 27.9 Å². The molecule has 0 radical (unpaired) electrons. The average Bonchev–Trinajstić information content (AvgIpc) is 2.67. The van der Waals surface area contributed by atoms with Crippen molar-refractivity contribution in [2.24, 2.45) is 5.92 Å². The third-order valence-electron chi connectivity index (χ3n) is 4.11. The topological polar surface area (TPSA) is 109 Å². The third kappa shape index (κ3) is 4.79. The first-order valence-corrected chi connectivity index (χ1v) is 10.2. The number of nitrogens with one attached hydrogen (secondary N) is 1. The van der Waals surface area contributed by atoms with E-state index in [1.54, 1.807) is 37.7 Å². The van der Waals surface area contributed by atoms with Crippen molar-refractivity contribution in [3.05, 3.63) is 53.3 Å². The van der Waals surface area contributed by atoms with E-state index in [0.717, 1.165) is 4.31 Å². The van der Waals surface area contributed by atoms with E-state index in [1.165, 1.54) is 31.5 Å². The number of hydrogen-bond acceptors (Lipinski definition) is 6. The molecule has 0 aliphatic carbocycles. The summed E-state index contributed by atoms with van der Waals surface area (Å²) in [5.74, 6) is -0.928. The normalized spacial score (nSPS) is 12.8. The molecule has 1 aromatic carbocycles. The lowest BCUT2D eigenvalue weighted by Gasteiger charge is -2.32.